The summed E-state index contributed by atoms with van der Waals surface area (Å²) < 4.78 is 5.74. The van der Waals surface area contributed by atoms with Crippen molar-refractivity contribution in [2.45, 2.75) is 52.1 Å². The summed E-state index contributed by atoms with van der Waals surface area (Å²) in [6.07, 6.45) is 5.24. The molecule has 2 aromatic rings. The van der Waals surface area contributed by atoms with Crippen molar-refractivity contribution in [2.75, 3.05) is 25.0 Å². The molecule has 0 spiro atoms. The maximum atomic E-state index is 13.2. The van der Waals surface area contributed by atoms with Crippen LogP contribution in [0.25, 0.3) is 0 Å². The van der Waals surface area contributed by atoms with E-state index >= 15 is 0 Å². The Labute approximate surface area is 176 Å². The number of carbonyl (C=O) groups excluding carboxylic acids is 2. The highest BCUT2D eigenvalue weighted by molar-refractivity contribution is 7.14. The molecular formula is C23H28N2O3S. The third-order valence-electron chi connectivity index (χ3n) is 5.91. The van der Waals surface area contributed by atoms with Crippen LogP contribution in [-0.2, 0) is 22.4 Å². The number of fused-ring (bicyclic) bond motifs is 1. The summed E-state index contributed by atoms with van der Waals surface area (Å²) in [4.78, 5) is 29.8. The van der Waals surface area contributed by atoms with Gasteiger partial charge in [0.25, 0.3) is 5.91 Å². The number of ether oxygens (including phenoxy) is 1. The van der Waals surface area contributed by atoms with Crippen molar-refractivity contribution in [2.24, 2.45) is 0 Å². The molecule has 1 aromatic carbocycles. The summed E-state index contributed by atoms with van der Waals surface area (Å²) in [6.45, 7) is 5.24. The number of hydrogen-bond acceptors (Lipinski definition) is 4. The molecule has 154 valence electrons. The quantitative estimate of drug-likeness (QED) is 0.777. The average molecular weight is 413 g/mol. The first-order chi connectivity index (χ1) is 14.0. The minimum Gasteiger partial charge on any atom is -0.376 e. The lowest BCUT2D eigenvalue weighted by Gasteiger charge is -2.25. The number of nitrogens with one attached hydrogen (secondary N) is 1. The second kappa shape index (κ2) is 8.67. The summed E-state index contributed by atoms with van der Waals surface area (Å²) in [5.74, 6) is -0.231. The van der Waals surface area contributed by atoms with Crippen molar-refractivity contribution < 1.29 is 14.3 Å². The molecule has 1 fully saturated rings. The van der Waals surface area contributed by atoms with Crippen molar-refractivity contribution in [3.63, 3.8) is 0 Å². The predicted molar refractivity (Wildman–Crippen MR) is 116 cm³/mol. The molecule has 1 aliphatic heterocycles. The monoisotopic (exact) mass is 412 g/mol. The largest absolute Gasteiger partial charge is 0.376 e. The standard InChI is InChI=1S/C23H28N2O3S/c1-15-6-3-9-19(16(15)2)24-22(26)14-25(13-18-8-5-11-28-18)23(27)21-12-17-7-4-10-20(17)29-21/h3,6,9,12,18H,4-5,7-8,10-11,13-14H2,1-2H3,(H,24,26). The van der Waals surface area contributed by atoms with E-state index in [9.17, 15) is 9.59 Å². The Morgan fingerprint density at radius 1 is 1.24 bits per heavy atom. The number of carbonyl (C=O) groups is 2. The number of hydrogen-bond donors (Lipinski definition) is 1. The number of benzene rings is 1. The van der Waals surface area contributed by atoms with E-state index in [0.717, 1.165) is 54.0 Å². The number of anilines is 1. The zero-order valence-corrected chi connectivity index (χ0v) is 17.9. The molecule has 1 saturated heterocycles. The Bertz CT molecular complexity index is 893. The van der Waals surface area contributed by atoms with Crippen LogP contribution in [0.4, 0.5) is 5.69 Å². The van der Waals surface area contributed by atoms with Crippen LogP contribution in [0, 0.1) is 13.8 Å². The second-order valence-electron chi connectivity index (χ2n) is 8.03. The van der Waals surface area contributed by atoms with Crippen molar-refractivity contribution in [1.82, 2.24) is 4.90 Å². The predicted octanol–water partition coefficient (Wildman–Crippen LogP) is 4.11. The number of nitrogens with zero attached hydrogens (tertiary/aromatic N) is 1. The van der Waals surface area contributed by atoms with Crippen LogP contribution in [0.3, 0.4) is 0 Å². The lowest BCUT2D eigenvalue weighted by molar-refractivity contribution is -0.117. The lowest BCUT2D eigenvalue weighted by Crippen LogP contribution is -2.42. The molecule has 1 aromatic heterocycles. The van der Waals surface area contributed by atoms with Crippen molar-refractivity contribution in [3.05, 3.63) is 50.7 Å². The van der Waals surface area contributed by atoms with E-state index in [-0.39, 0.29) is 24.5 Å². The highest BCUT2D eigenvalue weighted by Crippen LogP contribution is 2.31. The number of rotatable bonds is 6. The summed E-state index contributed by atoms with van der Waals surface area (Å²) >= 11 is 1.59. The van der Waals surface area contributed by atoms with Crippen molar-refractivity contribution in [1.29, 1.82) is 0 Å². The fraction of sp³-hybridized carbons (Fsp3) is 0.478. The fourth-order valence-electron chi connectivity index (χ4n) is 4.09. The van der Waals surface area contributed by atoms with Gasteiger partial charge < -0.3 is 15.0 Å². The van der Waals surface area contributed by atoms with Gasteiger partial charge in [0.1, 0.15) is 6.54 Å². The van der Waals surface area contributed by atoms with E-state index in [4.69, 9.17) is 4.74 Å². The lowest BCUT2D eigenvalue weighted by atomic mass is 10.1. The minimum atomic E-state index is -0.172. The van der Waals surface area contributed by atoms with Gasteiger partial charge in [-0.1, -0.05) is 12.1 Å². The van der Waals surface area contributed by atoms with E-state index in [2.05, 4.69) is 5.32 Å². The van der Waals surface area contributed by atoms with Gasteiger partial charge in [-0.05, 0) is 74.8 Å². The summed E-state index contributed by atoms with van der Waals surface area (Å²) in [6, 6.07) is 7.88. The first-order valence-corrected chi connectivity index (χ1v) is 11.2. The summed E-state index contributed by atoms with van der Waals surface area (Å²) in [7, 11) is 0. The molecule has 1 unspecified atom stereocenters. The molecule has 1 aliphatic carbocycles. The highest BCUT2D eigenvalue weighted by Gasteiger charge is 2.28. The van der Waals surface area contributed by atoms with Crippen LogP contribution in [0.1, 0.15) is 50.5 Å². The number of thiophene rings is 1. The van der Waals surface area contributed by atoms with Gasteiger partial charge in [0.05, 0.1) is 11.0 Å². The van der Waals surface area contributed by atoms with Crippen LogP contribution in [-0.4, -0.2) is 42.5 Å². The second-order valence-corrected chi connectivity index (χ2v) is 9.17. The van der Waals surface area contributed by atoms with E-state index < -0.39 is 0 Å². The van der Waals surface area contributed by atoms with Gasteiger partial charge in [-0.2, -0.15) is 0 Å². The molecule has 2 aliphatic rings. The Hall–Kier alpha value is -2.18. The first-order valence-electron chi connectivity index (χ1n) is 10.4. The molecular weight excluding hydrogens is 384 g/mol. The van der Waals surface area contributed by atoms with Gasteiger partial charge in [-0.25, -0.2) is 0 Å². The molecule has 1 atom stereocenters. The topological polar surface area (TPSA) is 58.6 Å². The SMILES string of the molecule is Cc1cccc(NC(=O)CN(CC2CCCO2)C(=O)c2cc3c(s2)CCC3)c1C. The maximum absolute atomic E-state index is 13.2. The van der Waals surface area contributed by atoms with E-state index in [1.807, 2.05) is 38.1 Å². The third-order valence-corrected chi connectivity index (χ3v) is 7.13. The zero-order valence-electron chi connectivity index (χ0n) is 17.1. The van der Waals surface area contributed by atoms with Crippen molar-refractivity contribution in [3.8, 4) is 0 Å². The van der Waals surface area contributed by atoms with E-state index in [1.165, 1.54) is 16.9 Å². The Morgan fingerprint density at radius 2 is 2.10 bits per heavy atom. The molecule has 2 heterocycles. The third kappa shape index (κ3) is 4.54. The molecule has 4 rings (SSSR count). The van der Waals surface area contributed by atoms with Gasteiger partial charge in [-0.3, -0.25) is 9.59 Å². The molecule has 2 amide bonds. The smallest absolute Gasteiger partial charge is 0.264 e. The van der Waals surface area contributed by atoms with Gasteiger partial charge >= 0.3 is 0 Å². The average Bonchev–Trinajstić information content (AvgIpc) is 3.42. The molecule has 29 heavy (non-hydrogen) atoms. The van der Waals surface area contributed by atoms with Crippen LogP contribution in [0.2, 0.25) is 0 Å². The first kappa shape index (κ1) is 20.1. The normalized spacial score (nSPS) is 17.9. The Balaban J connectivity index is 1.49. The number of amides is 2. The van der Waals surface area contributed by atoms with Crippen LogP contribution in [0.5, 0.6) is 0 Å². The van der Waals surface area contributed by atoms with Crippen molar-refractivity contribution >= 4 is 28.8 Å². The molecule has 0 radical (unpaired) electrons. The zero-order chi connectivity index (χ0) is 20.4. The summed E-state index contributed by atoms with van der Waals surface area (Å²) in [5, 5.41) is 2.98. The van der Waals surface area contributed by atoms with Gasteiger partial charge in [0.15, 0.2) is 0 Å². The molecule has 6 heteroatoms. The number of aryl methyl sites for hydroxylation is 3. The Kier molecular flexibility index (Phi) is 6.01. The van der Waals surface area contributed by atoms with Gasteiger partial charge in [0.2, 0.25) is 5.91 Å². The van der Waals surface area contributed by atoms with Crippen LogP contribution in [0.15, 0.2) is 24.3 Å². The maximum Gasteiger partial charge on any atom is 0.264 e. The Morgan fingerprint density at radius 3 is 2.86 bits per heavy atom. The molecule has 0 saturated carbocycles. The minimum absolute atomic E-state index is 0.0132. The summed E-state index contributed by atoms with van der Waals surface area (Å²) in [5.41, 5.74) is 4.28. The van der Waals surface area contributed by atoms with Crippen LogP contribution >= 0.6 is 11.3 Å². The van der Waals surface area contributed by atoms with E-state index in [0.29, 0.717) is 6.54 Å². The molecule has 1 N–H and O–H groups in total. The molecule has 5 nitrogen and oxygen atoms in total. The molecule has 0 bridgehead atoms. The van der Waals surface area contributed by atoms with E-state index in [1.54, 1.807) is 16.2 Å². The van der Waals surface area contributed by atoms with Gasteiger partial charge in [0, 0.05) is 23.7 Å². The fourth-order valence-corrected chi connectivity index (χ4v) is 5.31. The highest BCUT2D eigenvalue weighted by atomic mass is 32.1. The van der Waals surface area contributed by atoms with Crippen LogP contribution < -0.4 is 5.32 Å². The van der Waals surface area contributed by atoms with Gasteiger partial charge in [-0.15, -0.1) is 11.3 Å².